The number of benzene rings is 1. The first-order chi connectivity index (χ1) is 14.0. The molecule has 1 atom stereocenters. The van der Waals surface area contributed by atoms with Gasteiger partial charge >= 0.3 is 0 Å². The molecule has 0 spiro atoms. The van der Waals surface area contributed by atoms with E-state index in [0.29, 0.717) is 30.8 Å². The Hall–Kier alpha value is -2.38. The van der Waals surface area contributed by atoms with Crippen LogP contribution in [0.4, 0.5) is 10.1 Å². The van der Waals surface area contributed by atoms with E-state index >= 15 is 0 Å². The van der Waals surface area contributed by atoms with Gasteiger partial charge in [0.25, 0.3) is 5.91 Å². The second kappa shape index (κ2) is 8.55. The van der Waals surface area contributed by atoms with Crippen molar-refractivity contribution in [2.24, 2.45) is 7.05 Å². The number of aromatic nitrogens is 1. The SMILES string of the molecule is Cn1ccc2c1C(O)CCN(CCCN1CCN(c3ccccc3F)CC1)C2=O. The molecular weight excluding hydrogens is 371 g/mol. The smallest absolute Gasteiger partial charge is 0.255 e. The predicted octanol–water partition coefficient (Wildman–Crippen LogP) is 2.26. The van der Waals surface area contributed by atoms with Gasteiger partial charge in [0.05, 0.1) is 23.0 Å². The lowest BCUT2D eigenvalue weighted by atomic mass is 10.1. The number of amides is 1. The number of aliphatic hydroxyl groups is 1. The molecule has 0 radical (unpaired) electrons. The monoisotopic (exact) mass is 400 g/mol. The van der Waals surface area contributed by atoms with Gasteiger partial charge in [-0.3, -0.25) is 9.69 Å². The van der Waals surface area contributed by atoms with E-state index < -0.39 is 6.10 Å². The van der Waals surface area contributed by atoms with Crippen LogP contribution in [0.15, 0.2) is 36.5 Å². The Morgan fingerprint density at radius 1 is 1.07 bits per heavy atom. The van der Waals surface area contributed by atoms with Crippen molar-refractivity contribution >= 4 is 11.6 Å². The molecule has 1 N–H and O–H groups in total. The quantitative estimate of drug-likeness (QED) is 0.837. The molecule has 2 aromatic rings. The summed E-state index contributed by atoms with van der Waals surface area (Å²) in [6.45, 7) is 5.59. The van der Waals surface area contributed by atoms with Crippen molar-refractivity contribution in [1.29, 1.82) is 0 Å². The van der Waals surface area contributed by atoms with Crippen LogP contribution in [0.25, 0.3) is 0 Å². The molecule has 156 valence electrons. The van der Waals surface area contributed by atoms with Gasteiger partial charge in [-0.15, -0.1) is 0 Å². The summed E-state index contributed by atoms with van der Waals surface area (Å²) < 4.78 is 15.8. The maximum atomic E-state index is 14.0. The standard InChI is InChI=1S/C22H29FN4O2/c1-24-11-7-17-21(24)20(28)8-12-27(22(17)29)10-4-9-25-13-15-26(16-14-25)19-6-3-2-5-18(19)23/h2-3,5-7,11,20,28H,4,8-10,12-16H2,1H3. The van der Waals surface area contributed by atoms with Crippen LogP contribution in [0.3, 0.4) is 0 Å². The summed E-state index contributed by atoms with van der Waals surface area (Å²) >= 11 is 0. The van der Waals surface area contributed by atoms with Crippen LogP contribution in [-0.4, -0.2) is 71.2 Å². The van der Waals surface area contributed by atoms with Gasteiger partial charge in [-0.25, -0.2) is 4.39 Å². The first-order valence-electron chi connectivity index (χ1n) is 10.4. The van der Waals surface area contributed by atoms with Crippen molar-refractivity contribution in [3.8, 4) is 0 Å². The van der Waals surface area contributed by atoms with E-state index in [9.17, 15) is 14.3 Å². The molecular formula is C22H29FN4O2. The molecule has 1 fully saturated rings. The third kappa shape index (κ3) is 4.16. The number of hydrogen-bond donors (Lipinski definition) is 1. The topological polar surface area (TPSA) is 52.0 Å². The predicted molar refractivity (Wildman–Crippen MR) is 111 cm³/mol. The molecule has 0 bridgehead atoms. The second-order valence-electron chi connectivity index (χ2n) is 7.96. The Bertz CT molecular complexity index is 860. The van der Waals surface area contributed by atoms with Crippen molar-refractivity contribution in [2.75, 3.05) is 50.7 Å². The molecule has 3 heterocycles. The van der Waals surface area contributed by atoms with Crippen molar-refractivity contribution < 1.29 is 14.3 Å². The number of aliphatic hydroxyl groups excluding tert-OH is 1. The third-order valence-electron chi connectivity index (χ3n) is 6.09. The minimum Gasteiger partial charge on any atom is -0.387 e. The molecule has 29 heavy (non-hydrogen) atoms. The lowest BCUT2D eigenvalue weighted by Crippen LogP contribution is -2.47. The van der Waals surface area contributed by atoms with Gasteiger partial charge in [0, 0.05) is 52.5 Å². The first-order valence-corrected chi connectivity index (χ1v) is 10.4. The Kier molecular flexibility index (Phi) is 5.87. The lowest BCUT2D eigenvalue weighted by Gasteiger charge is -2.36. The molecule has 1 unspecified atom stereocenters. The van der Waals surface area contributed by atoms with Crippen LogP contribution in [0.5, 0.6) is 0 Å². The molecule has 1 aromatic heterocycles. The summed E-state index contributed by atoms with van der Waals surface area (Å²) in [4.78, 5) is 19.2. The Morgan fingerprint density at radius 3 is 2.59 bits per heavy atom. The van der Waals surface area contributed by atoms with Crippen LogP contribution >= 0.6 is 0 Å². The third-order valence-corrected chi connectivity index (χ3v) is 6.09. The highest BCUT2D eigenvalue weighted by Gasteiger charge is 2.29. The number of fused-ring (bicyclic) bond motifs is 1. The highest BCUT2D eigenvalue weighted by Crippen LogP contribution is 2.27. The fourth-order valence-corrected chi connectivity index (χ4v) is 4.44. The van der Waals surface area contributed by atoms with Gasteiger partial charge in [0.2, 0.25) is 0 Å². The number of piperazine rings is 1. The summed E-state index contributed by atoms with van der Waals surface area (Å²) in [6, 6.07) is 8.74. The van der Waals surface area contributed by atoms with Crippen LogP contribution < -0.4 is 4.90 Å². The fraction of sp³-hybridized carbons (Fsp3) is 0.500. The zero-order valence-electron chi connectivity index (χ0n) is 16.9. The number of para-hydroxylation sites is 1. The molecule has 1 amide bonds. The maximum absolute atomic E-state index is 14.0. The number of anilines is 1. The molecule has 1 aromatic carbocycles. The van der Waals surface area contributed by atoms with E-state index in [-0.39, 0.29) is 11.7 Å². The van der Waals surface area contributed by atoms with E-state index in [0.717, 1.165) is 44.8 Å². The molecule has 6 nitrogen and oxygen atoms in total. The number of carbonyl (C=O) groups excluding carboxylic acids is 1. The number of aryl methyl sites for hydroxylation is 1. The Labute approximate surface area is 171 Å². The summed E-state index contributed by atoms with van der Waals surface area (Å²) in [6.07, 6.45) is 2.71. The molecule has 0 saturated carbocycles. The summed E-state index contributed by atoms with van der Waals surface area (Å²) in [5.41, 5.74) is 2.03. The van der Waals surface area contributed by atoms with Crippen molar-refractivity contribution in [2.45, 2.75) is 18.9 Å². The van der Waals surface area contributed by atoms with Gasteiger partial charge in [-0.1, -0.05) is 12.1 Å². The van der Waals surface area contributed by atoms with Crippen LogP contribution in [-0.2, 0) is 7.05 Å². The fourth-order valence-electron chi connectivity index (χ4n) is 4.44. The average molecular weight is 400 g/mol. The van der Waals surface area contributed by atoms with Gasteiger partial charge in [-0.2, -0.15) is 0 Å². The largest absolute Gasteiger partial charge is 0.387 e. The highest BCUT2D eigenvalue weighted by molar-refractivity contribution is 5.96. The van der Waals surface area contributed by atoms with Gasteiger partial charge < -0.3 is 19.5 Å². The van der Waals surface area contributed by atoms with E-state index in [1.165, 1.54) is 6.07 Å². The second-order valence-corrected chi connectivity index (χ2v) is 7.96. The number of nitrogens with zero attached hydrogens (tertiary/aromatic N) is 4. The number of hydrogen-bond acceptors (Lipinski definition) is 4. The first kappa shape index (κ1) is 19.9. The van der Waals surface area contributed by atoms with Crippen molar-refractivity contribution in [3.05, 3.63) is 53.6 Å². The molecule has 2 aliphatic rings. The average Bonchev–Trinajstić information content (AvgIpc) is 3.07. The van der Waals surface area contributed by atoms with Crippen molar-refractivity contribution in [3.63, 3.8) is 0 Å². The lowest BCUT2D eigenvalue weighted by molar-refractivity contribution is 0.0738. The number of rotatable bonds is 5. The Morgan fingerprint density at radius 2 is 1.83 bits per heavy atom. The van der Waals surface area contributed by atoms with E-state index in [1.807, 2.05) is 34.8 Å². The number of halogens is 1. The molecule has 7 heteroatoms. The summed E-state index contributed by atoms with van der Waals surface area (Å²) in [5, 5.41) is 10.4. The highest BCUT2D eigenvalue weighted by atomic mass is 19.1. The van der Waals surface area contributed by atoms with Gasteiger partial charge in [0.15, 0.2) is 0 Å². The van der Waals surface area contributed by atoms with Crippen LogP contribution in [0.2, 0.25) is 0 Å². The van der Waals surface area contributed by atoms with E-state index in [1.54, 1.807) is 12.1 Å². The van der Waals surface area contributed by atoms with E-state index in [4.69, 9.17) is 0 Å². The molecule has 4 rings (SSSR count). The summed E-state index contributed by atoms with van der Waals surface area (Å²) in [7, 11) is 1.87. The van der Waals surface area contributed by atoms with Crippen LogP contribution in [0, 0.1) is 5.82 Å². The zero-order chi connectivity index (χ0) is 20.4. The van der Waals surface area contributed by atoms with Crippen molar-refractivity contribution in [1.82, 2.24) is 14.4 Å². The minimum absolute atomic E-state index is 0.0153. The Balaban J connectivity index is 1.27. The van der Waals surface area contributed by atoms with E-state index in [2.05, 4.69) is 9.80 Å². The van der Waals surface area contributed by atoms with Gasteiger partial charge in [0.1, 0.15) is 5.82 Å². The number of carbonyl (C=O) groups is 1. The maximum Gasteiger partial charge on any atom is 0.255 e. The van der Waals surface area contributed by atoms with Gasteiger partial charge in [-0.05, 0) is 37.6 Å². The molecule has 2 aliphatic heterocycles. The molecule has 1 saturated heterocycles. The normalized spacial score (nSPS) is 20.7. The minimum atomic E-state index is -0.592. The summed E-state index contributed by atoms with van der Waals surface area (Å²) in [5.74, 6) is -0.149. The van der Waals surface area contributed by atoms with Crippen LogP contribution in [0.1, 0.15) is 35.0 Å². The zero-order valence-corrected chi connectivity index (χ0v) is 16.9. The molecule has 0 aliphatic carbocycles.